The Morgan fingerprint density at radius 3 is 2.58 bits per heavy atom. The van der Waals surface area contributed by atoms with Crippen LogP contribution in [0.15, 0.2) is 40.7 Å². The number of thiophene rings is 1. The minimum absolute atomic E-state index is 0. The minimum Gasteiger partial charge on any atom is -0.494 e. The van der Waals surface area contributed by atoms with Gasteiger partial charge in [-0.3, -0.25) is 4.99 Å². The molecule has 0 aliphatic heterocycles. The summed E-state index contributed by atoms with van der Waals surface area (Å²) in [5, 5.41) is 8.64. The zero-order valence-electron chi connectivity index (χ0n) is 13.8. The molecule has 2 rings (SSSR count). The fourth-order valence-corrected chi connectivity index (χ4v) is 2.82. The van der Waals surface area contributed by atoms with Gasteiger partial charge in [0, 0.05) is 18.5 Å². The van der Waals surface area contributed by atoms with E-state index >= 15 is 0 Å². The van der Waals surface area contributed by atoms with Crippen molar-refractivity contribution < 1.29 is 9.13 Å². The molecular formula is C17H23FIN3OS. The maximum atomic E-state index is 12.8. The Hall–Kier alpha value is -1.35. The number of rotatable bonds is 7. The van der Waals surface area contributed by atoms with E-state index in [1.54, 1.807) is 30.5 Å². The van der Waals surface area contributed by atoms with Crippen LogP contribution >= 0.6 is 35.3 Å². The van der Waals surface area contributed by atoms with Gasteiger partial charge in [0.15, 0.2) is 5.96 Å². The molecule has 0 bridgehead atoms. The molecule has 0 spiro atoms. The first kappa shape index (κ1) is 20.7. The molecule has 0 radical (unpaired) electrons. The minimum atomic E-state index is -0.255. The Kier molecular flexibility index (Phi) is 9.70. The molecule has 0 saturated carbocycles. The van der Waals surface area contributed by atoms with Gasteiger partial charge >= 0.3 is 0 Å². The molecule has 1 aromatic carbocycles. The van der Waals surface area contributed by atoms with Crippen LogP contribution in [-0.2, 0) is 6.54 Å². The molecule has 0 fully saturated rings. The molecule has 0 aliphatic rings. The average molecular weight is 463 g/mol. The highest BCUT2D eigenvalue weighted by Gasteiger charge is 2.02. The lowest BCUT2D eigenvalue weighted by atomic mass is 10.3. The molecule has 2 aromatic rings. The first-order chi connectivity index (χ1) is 11.2. The summed E-state index contributed by atoms with van der Waals surface area (Å²) < 4.78 is 18.3. The van der Waals surface area contributed by atoms with Crippen LogP contribution in [0.1, 0.15) is 16.9 Å². The molecule has 0 aliphatic carbocycles. The molecule has 0 atom stereocenters. The molecule has 1 heterocycles. The van der Waals surface area contributed by atoms with Crippen molar-refractivity contribution in [2.24, 2.45) is 4.99 Å². The predicted octanol–water partition coefficient (Wildman–Crippen LogP) is 3.95. The lowest BCUT2D eigenvalue weighted by molar-refractivity contribution is 0.310. The Morgan fingerprint density at radius 2 is 1.96 bits per heavy atom. The third-order valence-electron chi connectivity index (χ3n) is 3.30. The van der Waals surface area contributed by atoms with Gasteiger partial charge in [-0.15, -0.1) is 35.3 Å². The molecule has 0 unspecified atom stereocenters. The number of aliphatic imine (C=N–C) groups is 1. The first-order valence-electron chi connectivity index (χ1n) is 7.55. The molecule has 0 amide bonds. The topological polar surface area (TPSA) is 45.7 Å². The van der Waals surface area contributed by atoms with E-state index in [1.807, 2.05) is 0 Å². The van der Waals surface area contributed by atoms with Crippen LogP contribution in [-0.4, -0.2) is 26.2 Å². The highest BCUT2D eigenvalue weighted by molar-refractivity contribution is 14.0. The molecule has 7 heteroatoms. The van der Waals surface area contributed by atoms with Gasteiger partial charge in [-0.25, -0.2) is 4.39 Å². The van der Waals surface area contributed by atoms with Gasteiger partial charge in [0.1, 0.15) is 11.6 Å². The number of hydrogen-bond donors (Lipinski definition) is 2. The molecule has 4 nitrogen and oxygen atoms in total. The maximum Gasteiger partial charge on any atom is 0.191 e. The maximum absolute atomic E-state index is 12.8. The van der Waals surface area contributed by atoms with Crippen LogP contribution in [0.5, 0.6) is 5.75 Å². The Morgan fingerprint density at radius 1 is 1.21 bits per heavy atom. The smallest absolute Gasteiger partial charge is 0.191 e. The number of guanidine groups is 1. The molecule has 1 aromatic heterocycles. The van der Waals surface area contributed by atoms with E-state index in [2.05, 4.69) is 34.0 Å². The third-order valence-corrected chi connectivity index (χ3v) is 4.33. The molecule has 24 heavy (non-hydrogen) atoms. The SMILES string of the molecule is CN=C(NCCCOc1ccc(F)cc1)NCc1sccc1C.I. The van der Waals surface area contributed by atoms with Gasteiger partial charge < -0.3 is 15.4 Å². The number of hydrogen-bond acceptors (Lipinski definition) is 3. The summed E-state index contributed by atoms with van der Waals surface area (Å²) in [7, 11) is 1.76. The van der Waals surface area contributed by atoms with E-state index in [0.717, 1.165) is 25.5 Å². The molecular weight excluding hydrogens is 440 g/mol. The van der Waals surface area contributed by atoms with E-state index in [-0.39, 0.29) is 29.8 Å². The molecule has 2 N–H and O–H groups in total. The summed E-state index contributed by atoms with van der Waals surface area (Å²) in [5.74, 6) is 1.21. The summed E-state index contributed by atoms with van der Waals surface area (Å²) in [5.41, 5.74) is 1.30. The summed E-state index contributed by atoms with van der Waals surface area (Å²) in [6, 6.07) is 8.17. The van der Waals surface area contributed by atoms with Crippen LogP contribution in [0.3, 0.4) is 0 Å². The fourth-order valence-electron chi connectivity index (χ4n) is 1.97. The van der Waals surface area contributed by atoms with E-state index in [9.17, 15) is 4.39 Å². The van der Waals surface area contributed by atoms with E-state index in [4.69, 9.17) is 4.74 Å². The highest BCUT2D eigenvalue weighted by atomic mass is 127. The van der Waals surface area contributed by atoms with Gasteiger partial charge in [-0.1, -0.05) is 0 Å². The van der Waals surface area contributed by atoms with Crippen molar-refractivity contribution in [1.82, 2.24) is 10.6 Å². The number of halogens is 2. The Balaban J connectivity index is 0.00000288. The first-order valence-corrected chi connectivity index (χ1v) is 8.43. The van der Waals surface area contributed by atoms with Crippen molar-refractivity contribution in [2.75, 3.05) is 20.2 Å². The van der Waals surface area contributed by atoms with Crippen molar-refractivity contribution in [1.29, 1.82) is 0 Å². The van der Waals surface area contributed by atoms with Crippen LogP contribution < -0.4 is 15.4 Å². The quantitative estimate of drug-likeness (QED) is 0.283. The van der Waals surface area contributed by atoms with Crippen LogP contribution in [0.25, 0.3) is 0 Å². The van der Waals surface area contributed by atoms with E-state index in [1.165, 1.54) is 22.6 Å². The lowest BCUT2D eigenvalue weighted by Gasteiger charge is -2.12. The number of benzene rings is 1. The largest absolute Gasteiger partial charge is 0.494 e. The Labute approximate surface area is 163 Å². The number of ether oxygens (including phenoxy) is 1. The molecule has 0 saturated heterocycles. The number of nitrogens with zero attached hydrogens (tertiary/aromatic N) is 1. The average Bonchev–Trinajstić information content (AvgIpc) is 2.97. The number of nitrogens with one attached hydrogen (secondary N) is 2. The summed E-state index contributed by atoms with van der Waals surface area (Å²) in [4.78, 5) is 5.51. The molecule has 132 valence electrons. The van der Waals surface area contributed by atoms with E-state index in [0.29, 0.717) is 12.4 Å². The van der Waals surface area contributed by atoms with E-state index < -0.39 is 0 Å². The second kappa shape index (κ2) is 11.2. The normalized spacial score (nSPS) is 10.9. The highest BCUT2D eigenvalue weighted by Crippen LogP contribution is 2.14. The van der Waals surface area contributed by atoms with Crippen molar-refractivity contribution >= 4 is 41.3 Å². The predicted molar refractivity (Wildman–Crippen MR) is 109 cm³/mol. The summed E-state index contributed by atoms with van der Waals surface area (Å²) in [6.45, 7) is 4.20. The van der Waals surface area contributed by atoms with Crippen molar-refractivity contribution in [3.8, 4) is 5.75 Å². The van der Waals surface area contributed by atoms with Crippen LogP contribution in [0.4, 0.5) is 4.39 Å². The van der Waals surface area contributed by atoms with Crippen LogP contribution in [0, 0.1) is 12.7 Å². The van der Waals surface area contributed by atoms with Gasteiger partial charge in [0.2, 0.25) is 0 Å². The van der Waals surface area contributed by atoms with Gasteiger partial charge in [0.25, 0.3) is 0 Å². The zero-order chi connectivity index (χ0) is 16.5. The number of aryl methyl sites for hydroxylation is 1. The van der Waals surface area contributed by atoms with Gasteiger partial charge in [0.05, 0.1) is 13.2 Å². The third kappa shape index (κ3) is 7.04. The van der Waals surface area contributed by atoms with Crippen molar-refractivity contribution in [3.05, 3.63) is 52.0 Å². The monoisotopic (exact) mass is 463 g/mol. The standard InChI is InChI=1S/C17H22FN3OS.HI/c1-13-8-11-23-16(13)12-21-17(19-2)20-9-3-10-22-15-6-4-14(18)5-7-15;/h4-8,11H,3,9-10,12H2,1-2H3,(H2,19,20,21);1H. The van der Waals surface area contributed by atoms with Gasteiger partial charge in [-0.2, -0.15) is 0 Å². The van der Waals surface area contributed by atoms with Crippen molar-refractivity contribution in [2.45, 2.75) is 19.9 Å². The van der Waals surface area contributed by atoms with Crippen molar-refractivity contribution in [3.63, 3.8) is 0 Å². The summed E-state index contributed by atoms with van der Waals surface area (Å²) >= 11 is 1.74. The lowest BCUT2D eigenvalue weighted by Crippen LogP contribution is -2.37. The Bertz CT molecular complexity index is 631. The summed E-state index contributed by atoms with van der Waals surface area (Å²) in [6.07, 6.45) is 0.829. The van der Waals surface area contributed by atoms with Crippen LogP contribution in [0.2, 0.25) is 0 Å². The second-order valence-electron chi connectivity index (χ2n) is 5.04. The second-order valence-corrected chi connectivity index (χ2v) is 6.04. The fraction of sp³-hybridized carbons (Fsp3) is 0.353. The zero-order valence-corrected chi connectivity index (χ0v) is 17.0. The van der Waals surface area contributed by atoms with Gasteiger partial charge in [-0.05, 0) is 54.6 Å².